The number of hydrogen-bond acceptors (Lipinski definition) is 7. The van der Waals surface area contributed by atoms with Crippen LogP contribution in [0.4, 0.5) is 23.8 Å². The second-order valence-corrected chi connectivity index (χ2v) is 10.8. The number of piperazine rings is 1. The highest BCUT2D eigenvalue weighted by atomic mass is 79.9. The molecule has 9 nitrogen and oxygen atoms in total. The molecule has 0 aromatic carbocycles. The highest BCUT2D eigenvalue weighted by molar-refractivity contribution is 9.10. The Morgan fingerprint density at radius 3 is 2.49 bits per heavy atom. The molecule has 1 fully saturated rings. The van der Waals surface area contributed by atoms with E-state index in [1.54, 1.807) is 30.6 Å². The molecule has 2 unspecified atom stereocenters. The predicted octanol–water partition coefficient (Wildman–Crippen LogP) is 5.30. The Hall–Kier alpha value is -3.40. The number of amides is 1. The second kappa shape index (κ2) is 9.48. The standard InChI is InChI=1S/C24H25BrF3N7O2/c1-13-10-34(22(36)37-23(3,4)5)14(2)9-33(13)20-19-16(24(26,27)28)11-35(21(19)31-12-30-20)18-7-15(8-29)6-17(25)32-18/h6-7,11-14H,9-10H2,1-5H3. The van der Waals surface area contributed by atoms with E-state index in [0.717, 1.165) is 6.20 Å². The van der Waals surface area contributed by atoms with Crippen LogP contribution in [-0.4, -0.2) is 61.3 Å². The average molecular weight is 580 g/mol. The maximum absolute atomic E-state index is 14.3. The fraction of sp³-hybridized carbons (Fsp3) is 0.458. The van der Waals surface area contributed by atoms with Gasteiger partial charge in [-0.1, -0.05) is 0 Å². The average Bonchev–Trinajstić information content (AvgIpc) is 3.19. The van der Waals surface area contributed by atoms with Gasteiger partial charge in [0.05, 0.1) is 22.6 Å². The maximum atomic E-state index is 14.3. The zero-order valence-electron chi connectivity index (χ0n) is 20.8. The number of nitrogens with zero attached hydrogens (tertiary/aromatic N) is 7. The molecule has 13 heteroatoms. The Morgan fingerprint density at radius 2 is 1.86 bits per heavy atom. The molecular weight excluding hydrogens is 555 g/mol. The first-order valence-electron chi connectivity index (χ1n) is 11.5. The van der Waals surface area contributed by atoms with Gasteiger partial charge in [-0.25, -0.2) is 19.7 Å². The van der Waals surface area contributed by atoms with E-state index in [1.807, 2.05) is 19.9 Å². The van der Waals surface area contributed by atoms with Crippen molar-refractivity contribution in [1.82, 2.24) is 24.4 Å². The Morgan fingerprint density at radius 1 is 1.16 bits per heavy atom. The van der Waals surface area contributed by atoms with E-state index in [4.69, 9.17) is 4.74 Å². The van der Waals surface area contributed by atoms with Crippen LogP contribution in [-0.2, 0) is 10.9 Å². The summed E-state index contributed by atoms with van der Waals surface area (Å²) in [5, 5.41) is 9.13. The van der Waals surface area contributed by atoms with Gasteiger partial charge in [0.25, 0.3) is 0 Å². The summed E-state index contributed by atoms with van der Waals surface area (Å²) in [4.78, 5) is 28.7. The van der Waals surface area contributed by atoms with E-state index < -0.39 is 23.4 Å². The maximum Gasteiger partial charge on any atom is 0.418 e. The number of anilines is 1. The monoisotopic (exact) mass is 579 g/mol. The molecule has 0 aliphatic carbocycles. The van der Waals surface area contributed by atoms with Crippen molar-refractivity contribution >= 4 is 38.9 Å². The molecule has 1 saturated heterocycles. The van der Waals surface area contributed by atoms with Crippen LogP contribution in [0.1, 0.15) is 45.7 Å². The van der Waals surface area contributed by atoms with Crippen molar-refractivity contribution in [3.05, 3.63) is 40.4 Å². The van der Waals surface area contributed by atoms with Crippen molar-refractivity contribution in [2.75, 3.05) is 18.0 Å². The molecule has 4 heterocycles. The Balaban J connectivity index is 1.82. The number of alkyl halides is 3. The molecule has 0 bridgehead atoms. The molecule has 0 radical (unpaired) electrons. The summed E-state index contributed by atoms with van der Waals surface area (Å²) in [5.41, 5.74) is -1.37. The normalized spacial score (nSPS) is 18.7. The number of halogens is 4. The summed E-state index contributed by atoms with van der Waals surface area (Å²) in [6.45, 7) is 9.43. The zero-order valence-corrected chi connectivity index (χ0v) is 22.4. The lowest BCUT2D eigenvalue weighted by Gasteiger charge is -2.44. The van der Waals surface area contributed by atoms with Gasteiger partial charge < -0.3 is 14.5 Å². The van der Waals surface area contributed by atoms with E-state index in [1.165, 1.54) is 23.0 Å². The van der Waals surface area contributed by atoms with Gasteiger partial charge in [-0.3, -0.25) is 4.57 Å². The van der Waals surface area contributed by atoms with Crippen molar-refractivity contribution in [1.29, 1.82) is 5.26 Å². The van der Waals surface area contributed by atoms with Crippen LogP contribution < -0.4 is 4.90 Å². The SMILES string of the molecule is CC1CN(c2ncnc3c2c(C(F)(F)F)cn3-c2cc(C#N)cc(Br)n2)C(C)CN1C(=O)OC(C)(C)C. The van der Waals surface area contributed by atoms with Crippen LogP contribution in [0.25, 0.3) is 16.9 Å². The van der Waals surface area contributed by atoms with Gasteiger partial charge in [0.1, 0.15) is 28.2 Å². The number of ether oxygens (including phenoxy) is 1. The van der Waals surface area contributed by atoms with Crippen LogP contribution in [0.2, 0.25) is 0 Å². The number of hydrogen-bond donors (Lipinski definition) is 0. The largest absolute Gasteiger partial charge is 0.444 e. The number of carbonyl (C=O) groups excluding carboxylic acids is 1. The number of aromatic nitrogens is 4. The van der Waals surface area contributed by atoms with Crippen molar-refractivity contribution < 1.29 is 22.7 Å². The van der Waals surface area contributed by atoms with E-state index in [-0.39, 0.29) is 53.4 Å². The molecule has 1 aliphatic heterocycles. The smallest absolute Gasteiger partial charge is 0.418 e. The van der Waals surface area contributed by atoms with E-state index >= 15 is 0 Å². The van der Waals surface area contributed by atoms with Gasteiger partial charge in [0.2, 0.25) is 0 Å². The predicted molar refractivity (Wildman–Crippen MR) is 133 cm³/mol. The van der Waals surface area contributed by atoms with Gasteiger partial charge in [-0.15, -0.1) is 0 Å². The summed E-state index contributed by atoms with van der Waals surface area (Å²) in [6, 6.07) is 4.12. The number of nitriles is 1. The van der Waals surface area contributed by atoms with Crippen molar-refractivity contribution in [3.8, 4) is 11.9 Å². The lowest BCUT2D eigenvalue weighted by Crippen LogP contribution is -2.59. The molecule has 1 aliphatic rings. The Kier molecular flexibility index (Phi) is 6.83. The van der Waals surface area contributed by atoms with Gasteiger partial charge >= 0.3 is 12.3 Å². The molecule has 3 aromatic heterocycles. The Labute approximate surface area is 220 Å². The summed E-state index contributed by atoms with van der Waals surface area (Å²) >= 11 is 3.21. The van der Waals surface area contributed by atoms with Gasteiger partial charge in [0, 0.05) is 31.4 Å². The van der Waals surface area contributed by atoms with E-state index in [2.05, 4.69) is 30.9 Å². The fourth-order valence-corrected chi connectivity index (χ4v) is 4.75. The molecular formula is C24H25BrF3N7O2. The first kappa shape index (κ1) is 26.7. The number of fused-ring (bicyclic) bond motifs is 1. The lowest BCUT2D eigenvalue weighted by atomic mass is 10.1. The second-order valence-electron chi connectivity index (χ2n) is 9.94. The quantitative estimate of drug-likeness (QED) is 0.379. The summed E-state index contributed by atoms with van der Waals surface area (Å²) in [6.07, 6.45) is -3.06. The summed E-state index contributed by atoms with van der Waals surface area (Å²) in [5.74, 6) is 0.210. The van der Waals surface area contributed by atoms with Crippen LogP contribution >= 0.6 is 15.9 Å². The summed E-state index contributed by atoms with van der Waals surface area (Å²) < 4.78 is 49.9. The molecule has 1 amide bonds. The highest BCUT2D eigenvalue weighted by Gasteiger charge is 2.40. The van der Waals surface area contributed by atoms with Gasteiger partial charge in [0.15, 0.2) is 5.65 Å². The van der Waals surface area contributed by atoms with Gasteiger partial charge in [-0.2, -0.15) is 18.4 Å². The number of rotatable bonds is 2. The van der Waals surface area contributed by atoms with E-state index in [9.17, 15) is 23.2 Å². The minimum atomic E-state index is -4.71. The molecule has 37 heavy (non-hydrogen) atoms. The Bertz CT molecular complexity index is 1390. The fourth-order valence-electron chi connectivity index (χ4n) is 4.32. The minimum absolute atomic E-state index is 0.00115. The van der Waals surface area contributed by atoms with Crippen molar-refractivity contribution in [2.45, 2.75) is 58.5 Å². The molecule has 196 valence electrons. The highest BCUT2D eigenvalue weighted by Crippen LogP contribution is 2.41. The molecule has 4 rings (SSSR count). The third-order valence-electron chi connectivity index (χ3n) is 5.91. The third-order valence-corrected chi connectivity index (χ3v) is 6.32. The molecule has 0 spiro atoms. The third kappa shape index (κ3) is 5.34. The summed E-state index contributed by atoms with van der Waals surface area (Å²) in [7, 11) is 0. The topological polar surface area (TPSA) is 100 Å². The number of carbonyl (C=O) groups is 1. The minimum Gasteiger partial charge on any atom is -0.444 e. The molecule has 2 atom stereocenters. The lowest BCUT2D eigenvalue weighted by molar-refractivity contribution is -0.136. The molecule has 0 saturated carbocycles. The zero-order chi connectivity index (χ0) is 27.3. The first-order valence-corrected chi connectivity index (χ1v) is 12.3. The van der Waals surface area contributed by atoms with Crippen LogP contribution in [0.15, 0.2) is 29.3 Å². The van der Waals surface area contributed by atoms with Crippen LogP contribution in [0, 0.1) is 11.3 Å². The molecule has 0 N–H and O–H groups in total. The van der Waals surface area contributed by atoms with Crippen molar-refractivity contribution in [2.24, 2.45) is 0 Å². The molecule has 3 aromatic rings. The van der Waals surface area contributed by atoms with Crippen LogP contribution in [0.3, 0.4) is 0 Å². The number of pyridine rings is 1. The van der Waals surface area contributed by atoms with Crippen molar-refractivity contribution in [3.63, 3.8) is 0 Å². The van der Waals surface area contributed by atoms with Gasteiger partial charge in [-0.05, 0) is 62.7 Å². The van der Waals surface area contributed by atoms with E-state index in [0.29, 0.717) is 4.60 Å². The van der Waals surface area contributed by atoms with Crippen LogP contribution in [0.5, 0.6) is 0 Å². The first-order chi connectivity index (χ1) is 17.2.